The number of hydrogen-bond acceptors (Lipinski definition) is 3. The number of piperidine rings is 1. The van der Waals surface area contributed by atoms with E-state index in [2.05, 4.69) is 26.9 Å². The second-order valence-electron chi connectivity index (χ2n) is 7.64. The van der Waals surface area contributed by atoms with Gasteiger partial charge in [0.15, 0.2) is 0 Å². The molecule has 1 aliphatic heterocycles. The molecule has 146 valence electrons. The molecule has 1 N–H and O–H groups in total. The summed E-state index contributed by atoms with van der Waals surface area (Å²) >= 11 is 0. The number of benzene rings is 2. The first-order valence-electron chi connectivity index (χ1n) is 10.0. The average molecular weight is 385 g/mol. The number of aromatic amines is 1. The van der Waals surface area contributed by atoms with Gasteiger partial charge in [-0.2, -0.15) is 5.10 Å². The van der Waals surface area contributed by atoms with E-state index in [0.717, 1.165) is 54.2 Å². The largest absolute Gasteiger partial charge is 0.338 e. The minimum Gasteiger partial charge on any atom is -0.338 e. The van der Waals surface area contributed by atoms with Crippen LogP contribution in [-0.2, 0) is 0 Å². The lowest BCUT2D eigenvalue weighted by atomic mass is 9.94. The number of aryl methyl sites for hydroxylation is 1. The summed E-state index contributed by atoms with van der Waals surface area (Å²) in [5, 5.41) is 7.11. The number of aromatic nitrogens is 4. The summed E-state index contributed by atoms with van der Waals surface area (Å²) in [5.74, 6) is 1.30. The first kappa shape index (κ1) is 17.7. The third-order valence-corrected chi connectivity index (χ3v) is 5.75. The van der Waals surface area contributed by atoms with Crippen LogP contribution in [0.2, 0.25) is 0 Å². The minimum absolute atomic E-state index is 0.0722. The van der Waals surface area contributed by atoms with Gasteiger partial charge in [-0.25, -0.2) is 4.98 Å². The third-order valence-electron chi connectivity index (χ3n) is 5.75. The first-order valence-corrected chi connectivity index (χ1v) is 10.0. The fourth-order valence-electron chi connectivity index (χ4n) is 4.33. The summed E-state index contributed by atoms with van der Waals surface area (Å²) in [7, 11) is 0. The number of carbonyl (C=O) groups is 1. The fourth-order valence-corrected chi connectivity index (χ4v) is 4.33. The van der Waals surface area contributed by atoms with E-state index in [1.807, 2.05) is 54.3 Å². The number of para-hydroxylation sites is 1. The number of imidazole rings is 1. The first-order chi connectivity index (χ1) is 14.2. The van der Waals surface area contributed by atoms with E-state index < -0.39 is 0 Å². The zero-order chi connectivity index (χ0) is 19.8. The van der Waals surface area contributed by atoms with Gasteiger partial charge >= 0.3 is 0 Å². The predicted octanol–water partition coefficient (Wildman–Crippen LogP) is 4.08. The molecule has 0 radical (unpaired) electrons. The predicted molar refractivity (Wildman–Crippen MR) is 112 cm³/mol. The van der Waals surface area contributed by atoms with Crippen LogP contribution >= 0.6 is 0 Å². The summed E-state index contributed by atoms with van der Waals surface area (Å²) in [6.45, 7) is 3.50. The summed E-state index contributed by atoms with van der Waals surface area (Å²) in [5.41, 5.74) is 4.74. The normalized spacial score (nSPS) is 17.0. The van der Waals surface area contributed by atoms with Crippen molar-refractivity contribution >= 4 is 16.9 Å². The van der Waals surface area contributed by atoms with E-state index in [9.17, 15) is 4.79 Å². The number of H-pyrrole nitrogens is 1. The third kappa shape index (κ3) is 3.20. The molecule has 0 bridgehead atoms. The monoisotopic (exact) mass is 385 g/mol. The maximum absolute atomic E-state index is 13.2. The van der Waals surface area contributed by atoms with Gasteiger partial charge in [-0.3, -0.25) is 14.5 Å². The lowest BCUT2D eigenvalue weighted by Crippen LogP contribution is -2.39. The number of carbonyl (C=O) groups excluding carboxylic acids is 1. The molecule has 29 heavy (non-hydrogen) atoms. The fraction of sp³-hybridized carbons (Fsp3) is 0.261. The van der Waals surface area contributed by atoms with Crippen molar-refractivity contribution in [3.8, 4) is 5.69 Å². The maximum atomic E-state index is 13.2. The number of amides is 1. The molecule has 0 aliphatic carbocycles. The van der Waals surface area contributed by atoms with Crippen molar-refractivity contribution < 1.29 is 4.79 Å². The lowest BCUT2D eigenvalue weighted by Gasteiger charge is -2.32. The molecule has 6 heteroatoms. The van der Waals surface area contributed by atoms with Gasteiger partial charge in [0.05, 0.1) is 11.0 Å². The van der Waals surface area contributed by atoms with Crippen LogP contribution in [0.25, 0.3) is 16.7 Å². The van der Waals surface area contributed by atoms with Crippen LogP contribution in [0.15, 0.2) is 60.8 Å². The highest BCUT2D eigenvalue weighted by molar-refractivity contribution is 5.97. The average Bonchev–Trinajstić information content (AvgIpc) is 3.41. The summed E-state index contributed by atoms with van der Waals surface area (Å²) < 4.78 is 2.12. The molecule has 5 rings (SSSR count). The van der Waals surface area contributed by atoms with Gasteiger partial charge in [0.1, 0.15) is 5.82 Å². The van der Waals surface area contributed by atoms with Crippen molar-refractivity contribution in [2.24, 2.45) is 0 Å². The van der Waals surface area contributed by atoms with Gasteiger partial charge in [0.25, 0.3) is 5.91 Å². The Labute approximate surface area is 169 Å². The zero-order valence-corrected chi connectivity index (χ0v) is 16.4. The second kappa shape index (κ2) is 7.20. The second-order valence-corrected chi connectivity index (χ2v) is 7.64. The summed E-state index contributed by atoms with van der Waals surface area (Å²) in [6.07, 6.45) is 3.85. The molecule has 2 aromatic heterocycles. The number of nitrogens with one attached hydrogen (secondary N) is 1. The Kier molecular flexibility index (Phi) is 4.39. The van der Waals surface area contributed by atoms with Crippen molar-refractivity contribution in [1.29, 1.82) is 0 Å². The minimum atomic E-state index is 0.0722. The molecule has 1 aliphatic rings. The van der Waals surface area contributed by atoms with Gasteiger partial charge in [-0.1, -0.05) is 18.2 Å². The molecular formula is C23H23N5O. The Morgan fingerprint density at radius 1 is 1.14 bits per heavy atom. The molecule has 1 unspecified atom stereocenters. The molecule has 2 aromatic carbocycles. The van der Waals surface area contributed by atoms with Crippen LogP contribution in [0.5, 0.6) is 0 Å². The highest BCUT2D eigenvalue weighted by Gasteiger charge is 2.26. The van der Waals surface area contributed by atoms with E-state index in [-0.39, 0.29) is 5.91 Å². The van der Waals surface area contributed by atoms with E-state index in [0.29, 0.717) is 11.5 Å². The van der Waals surface area contributed by atoms with Gasteiger partial charge in [-0.05, 0) is 56.2 Å². The van der Waals surface area contributed by atoms with Crippen molar-refractivity contribution in [3.63, 3.8) is 0 Å². The number of nitrogens with zero attached hydrogens (tertiary/aromatic N) is 4. The molecule has 3 heterocycles. The van der Waals surface area contributed by atoms with Crippen molar-refractivity contribution in [1.82, 2.24) is 24.6 Å². The molecule has 0 spiro atoms. The number of likely N-dealkylation sites (tertiary alicyclic amines) is 1. The van der Waals surface area contributed by atoms with Crippen LogP contribution in [0.1, 0.15) is 40.6 Å². The van der Waals surface area contributed by atoms with Gasteiger partial charge in [0, 0.05) is 42.1 Å². The molecule has 1 saturated heterocycles. The van der Waals surface area contributed by atoms with Gasteiger partial charge in [-0.15, -0.1) is 0 Å². The lowest BCUT2D eigenvalue weighted by molar-refractivity contribution is 0.0706. The molecule has 1 amide bonds. The quantitative estimate of drug-likeness (QED) is 0.578. The van der Waals surface area contributed by atoms with Crippen molar-refractivity contribution in [3.05, 3.63) is 77.9 Å². The Bertz CT molecular complexity index is 1150. The van der Waals surface area contributed by atoms with Crippen molar-refractivity contribution in [2.75, 3.05) is 13.1 Å². The van der Waals surface area contributed by atoms with Crippen LogP contribution in [0.3, 0.4) is 0 Å². The van der Waals surface area contributed by atoms with E-state index >= 15 is 0 Å². The Morgan fingerprint density at radius 3 is 2.79 bits per heavy atom. The van der Waals surface area contributed by atoms with Crippen LogP contribution in [0, 0.1) is 6.92 Å². The molecule has 1 atom stereocenters. The molecule has 0 saturated carbocycles. The molecular weight excluding hydrogens is 362 g/mol. The molecule has 4 aromatic rings. The molecule has 1 fully saturated rings. The van der Waals surface area contributed by atoms with E-state index in [1.54, 1.807) is 6.20 Å². The Hall–Kier alpha value is -3.41. The van der Waals surface area contributed by atoms with Crippen LogP contribution in [0.4, 0.5) is 0 Å². The topological polar surface area (TPSA) is 66.8 Å². The Balaban J connectivity index is 1.44. The summed E-state index contributed by atoms with van der Waals surface area (Å²) in [6, 6.07) is 18.0. The van der Waals surface area contributed by atoms with E-state index in [4.69, 9.17) is 4.98 Å². The molecule has 6 nitrogen and oxygen atoms in total. The highest BCUT2D eigenvalue weighted by Crippen LogP contribution is 2.27. The number of rotatable bonds is 3. The van der Waals surface area contributed by atoms with Gasteiger partial charge in [0.2, 0.25) is 0 Å². The summed E-state index contributed by atoms with van der Waals surface area (Å²) in [4.78, 5) is 19.9. The highest BCUT2D eigenvalue weighted by atomic mass is 16.2. The van der Waals surface area contributed by atoms with E-state index in [1.165, 1.54) is 0 Å². The SMILES string of the molecule is Cc1nc2cc(C(=O)N3CCCC(c4ccn[nH]4)C3)ccc2n1-c1ccccc1. The van der Waals surface area contributed by atoms with Gasteiger partial charge < -0.3 is 4.90 Å². The number of fused-ring (bicyclic) bond motifs is 1. The maximum Gasteiger partial charge on any atom is 0.253 e. The van der Waals surface area contributed by atoms with Crippen LogP contribution < -0.4 is 0 Å². The number of hydrogen-bond donors (Lipinski definition) is 1. The zero-order valence-electron chi connectivity index (χ0n) is 16.4. The van der Waals surface area contributed by atoms with Crippen LogP contribution in [-0.4, -0.2) is 43.6 Å². The Morgan fingerprint density at radius 2 is 2.00 bits per heavy atom. The van der Waals surface area contributed by atoms with Crippen molar-refractivity contribution in [2.45, 2.75) is 25.7 Å². The smallest absolute Gasteiger partial charge is 0.253 e. The standard InChI is InChI=1S/C23H23N5O/c1-16-25-21-14-17(9-10-22(21)28(16)19-7-3-2-4-8-19)23(29)27-13-5-6-18(15-27)20-11-12-24-26-20/h2-4,7-12,14,18H,5-6,13,15H2,1H3,(H,24,26).